The van der Waals surface area contributed by atoms with Crippen LogP contribution in [0.15, 0.2) is 0 Å². The summed E-state index contributed by atoms with van der Waals surface area (Å²) in [6.45, 7) is 16.6. The summed E-state index contributed by atoms with van der Waals surface area (Å²) < 4.78 is 6.58. The fourth-order valence-electron chi connectivity index (χ4n) is 6.31. The third kappa shape index (κ3) is 3.09. The summed E-state index contributed by atoms with van der Waals surface area (Å²) >= 11 is 0. The van der Waals surface area contributed by atoms with E-state index in [9.17, 15) is 0 Å². The molecule has 2 heterocycles. The second kappa shape index (κ2) is 6.30. The lowest BCUT2D eigenvalue weighted by atomic mass is 9.59. The van der Waals surface area contributed by atoms with Crippen molar-refractivity contribution in [1.29, 1.82) is 0 Å². The van der Waals surface area contributed by atoms with Gasteiger partial charge in [0.05, 0.1) is 17.7 Å². The maximum absolute atomic E-state index is 6.58. The molecule has 0 aromatic heterocycles. The average Bonchev–Trinajstić information content (AvgIpc) is 2.72. The molecule has 0 amide bonds. The summed E-state index contributed by atoms with van der Waals surface area (Å²) in [6, 6.07) is 0.625. The first-order chi connectivity index (χ1) is 11.1. The number of likely N-dealkylation sites (tertiary alicyclic amines) is 1. The van der Waals surface area contributed by atoms with Gasteiger partial charge in [-0.05, 0) is 64.3 Å². The number of ether oxygens (including phenoxy) is 1. The second-order valence-electron chi connectivity index (χ2n) is 10.7. The quantitative estimate of drug-likeness (QED) is 0.699. The van der Waals surface area contributed by atoms with E-state index in [1.807, 2.05) is 0 Å². The lowest BCUT2D eigenvalue weighted by Gasteiger charge is -2.55. The maximum Gasteiger partial charge on any atom is 0.109 e. The molecular weight excluding hydrogens is 293 g/mol. The summed E-state index contributed by atoms with van der Waals surface area (Å²) in [5.74, 6) is 2.32. The number of hydrogen-bond donors (Lipinski definition) is 0. The van der Waals surface area contributed by atoms with Gasteiger partial charge in [-0.2, -0.15) is 0 Å². The van der Waals surface area contributed by atoms with Gasteiger partial charge in [-0.1, -0.05) is 45.3 Å². The fourth-order valence-corrected chi connectivity index (χ4v) is 6.31. The molecule has 138 valence electrons. The van der Waals surface area contributed by atoms with Crippen LogP contribution in [-0.4, -0.2) is 43.1 Å². The molecule has 1 spiro atoms. The largest absolute Gasteiger partial charge is 0.373 e. The average molecular weight is 333 g/mol. The number of nitrogens with zero attached hydrogens (tertiary/aromatic N) is 1. The van der Waals surface area contributed by atoms with E-state index in [1.165, 1.54) is 45.1 Å². The van der Waals surface area contributed by atoms with Crippen molar-refractivity contribution in [3.63, 3.8) is 0 Å². The van der Waals surface area contributed by atoms with Gasteiger partial charge in [0.15, 0.2) is 0 Å². The van der Waals surface area contributed by atoms with Crippen molar-refractivity contribution >= 4 is 7.85 Å². The summed E-state index contributed by atoms with van der Waals surface area (Å²) in [4.78, 5) is 2.85. The zero-order valence-corrected chi connectivity index (χ0v) is 17.3. The molecule has 0 radical (unpaired) electrons. The standard InChI is InChI=1S/C21H40BNO/c1-15(2)20(6)13-21(14-24-20)18-8-7-10-19(5,22)12-17(18)9-11-23(21)16(3)4/h15-18H,7-14,22H2,1-6H3. The van der Waals surface area contributed by atoms with E-state index in [2.05, 4.69) is 54.3 Å². The van der Waals surface area contributed by atoms with Crippen LogP contribution in [0.25, 0.3) is 0 Å². The molecule has 0 N–H and O–H groups in total. The minimum atomic E-state index is 0.0524. The van der Waals surface area contributed by atoms with Crippen LogP contribution in [-0.2, 0) is 4.74 Å². The highest BCUT2D eigenvalue weighted by molar-refractivity contribution is 6.14. The summed E-state index contributed by atoms with van der Waals surface area (Å²) in [5.41, 5.74) is 0.341. The van der Waals surface area contributed by atoms with Crippen LogP contribution in [0.1, 0.15) is 80.1 Å². The van der Waals surface area contributed by atoms with Crippen molar-refractivity contribution in [2.45, 2.75) is 103 Å². The third-order valence-electron chi connectivity index (χ3n) is 7.91. The molecule has 3 fully saturated rings. The summed E-state index contributed by atoms with van der Waals surface area (Å²) in [5, 5.41) is 0.529. The van der Waals surface area contributed by atoms with Crippen LogP contribution in [0.3, 0.4) is 0 Å². The molecule has 2 nitrogen and oxygen atoms in total. The van der Waals surface area contributed by atoms with Gasteiger partial charge < -0.3 is 4.74 Å². The van der Waals surface area contributed by atoms with Crippen LogP contribution in [0.4, 0.5) is 0 Å². The number of piperidine rings is 1. The first-order valence-corrected chi connectivity index (χ1v) is 10.5. The predicted molar refractivity (Wildman–Crippen MR) is 105 cm³/mol. The minimum Gasteiger partial charge on any atom is -0.373 e. The van der Waals surface area contributed by atoms with Crippen molar-refractivity contribution in [2.75, 3.05) is 13.2 Å². The van der Waals surface area contributed by atoms with Gasteiger partial charge in [0, 0.05) is 6.04 Å². The van der Waals surface area contributed by atoms with Crippen molar-refractivity contribution in [3.8, 4) is 0 Å². The molecule has 0 aromatic carbocycles. The molecule has 24 heavy (non-hydrogen) atoms. The highest BCUT2D eigenvalue weighted by atomic mass is 16.5. The van der Waals surface area contributed by atoms with E-state index in [-0.39, 0.29) is 11.1 Å². The summed E-state index contributed by atoms with van der Waals surface area (Å²) in [7, 11) is 2.50. The van der Waals surface area contributed by atoms with Crippen molar-refractivity contribution in [3.05, 3.63) is 0 Å². The Labute approximate surface area is 151 Å². The van der Waals surface area contributed by atoms with Gasteiger partial charge in [0.25, 0.3) is 0 Å². The molecule has 1 aliphatic carbocycles. The van der Waals surface area contributed by atoms with Gasteiger partial charge >= 0.3 is 0 Å². The molecule has 2 aliphatic heterocycles. The van der Waals surface area contributed by atoms with E-state index in [0.29, 0.717) is 17.3 Å². The number of fused-ring (bicyclic) bond motifs is 2. The van der Waals surface area contributed by atoms with Crippen LogP contribution >= 0.6 is 0 Å². The van der Waals surface area contributed by atoms with E-state index in [0.717, 1.165) is 18.4 Å². The molecule has 3 heteroatoms. The zero-order valence-electron chi connectivity index (χ0n) is 17.3. The normalized spacial score (nSPS) is 47.3. The number of rotatable bonds is 2. The molecule has 0 bridgehead atoms. The van der Waals surface area contributed by atoms with E-state index in [1.54, 1.807) is 0 Å². The predicted octanol–water partition coefficient (Wildman–Crippen LogP) is 4.29. The topological polar surface area (TPSA) is 12.5 Å². The Balaban J connectivity index is 1.95. The second-order valence-corrected chi connectivity index (χ2v) is 10.7. The molecule has 0 aromatic rings. The van der Waals surface area contributed by atoms with E-state index in [4.69, 9.17) is 4.74 Å². The van der Waals surface area contributed by atoms with Crippen LogP contribution < -0.4 is 0 Å². The highest BCUT2D eigenvalue weighted by Crippen LogP contribution is 2.56. The van der Waals surface area contributed by atoms with E-state index >= 15 is 0 Å². The lowest BCUT2D eigenvalue weighted by molar-refractivity contribution is -0.0672. The molecular formula is C21H40BNO. The fraction of sp³-hybridized carbons (Fsp3) is 1.00. The molecule has 3 aliphatic rings. The SMILES string of the molecule is BC1(C)CCCC2C(CCN(C(C)C)C23COC(C)(C(C)C)C3)C1. The molecule has 1 saturated carbocycles. The van der Waals surface area contributed by atoms with Gasteiger partial charge in [-0.15, -0.1) is 0 Å². The number of hydrogen-bond acceptors (Lipinski definition) is 2. The Morgan fingerprint density at radius 1 is 1.12 bits per heavy atom. The van der Waals surface area contributed by atoms with Gasteiger partial charge in [0.1, 0.15) is 7.85 Å². The van der Waals surface area contributed by atoms with Crippen molar-refractivity contribution in [1.82, 2.24) is 4.90 Å². The Hall–Kier alpha value is -0.0151. The minimum absolute atomic E-state index is 0.0524. The monoisotopic (exact) mass is 333 g/mol. The lowest BCUT2D eigenvalue weighted by Crippen LogP contribution is -2.63. The highest BCUT2D eigenvalue weighted by Gasteiger charge is 2.59. The first-order valence-electron chi connectivity index (χ1n) is 10.5. The Bertz CT molecular complexity index is 463. The molecule has 2 saturated heterocycles. The maximum atomic E-state index is 6.58. The van der Waals surface area contributed by atoms with Crippen LogP contribution in [0.2, 0.25) is 5.31 Å². The van der Waals surface area contributed by atoms with Crippen molar-refractivity contribution < 1.29 is 4.74 Å². The Morgan fingerprint density at radius 2 is 1.83 bits per heavy atom. The third-order valence-corrected chi connectivity index (χ3v) is 7.91. The van der Waals surface area contributed by atoms with E-state index < -0.39 is 0 Å². The Morgan fingerprint density at radius 3 is 2.42 bits per heavy atom. The van der Waals surface area contributed by atoms with Gasteiger partial charge in [-0.25, -0.2) is 0 Å². The zero-order chi connectivity index (χ0) is 17.8. The molecule has 5 unspecified atom stereocenters. The van der Waals surface area contributed by atoms with Gasteiger partial charge in [0.2, 0.25) is 0 Å². The summed E-state index contributed by atoms with van der Waals surface area (Å²) in [6.07, 6.45) is 8.27. The van der Waals surface area contributed by atoms with Crippen LogP contribution in [0.5, 0.6) is 0 Å². The first kappa shape index (κ1) is 18.8. The van der Waals surface area contributed by atoms with Crippen LogP contribution in [0, 0.1) is 17.8 Å². The molecule has 3 rings (SSSR count). The smallest absolute Gasteiger partial charge is 0.109 e. The van der Waals surface area contributed by atoms with Gasteiger partial charge in [-0.3, -0.25) is 4.90 Å². The van der Waals surface area contributed by atoms with Crippen molar-refractivity contribution in [2.24, 2.45) is 17.8 Å². The molecule has 5 atom stereocenters. The Kier molecular flexibility index (Phi) is 4.93.